The van der Waals surface area contributed by atoms with Crippen LogP contribution in [0.4, 0.5) is 0 Å². The van der Waals surface area contributed by atoms with Crippen molar-refractivity contribution in [1.29, 1.82) is 0 Å². The number of carbonyl (C=O) groups is 2. The maximum atomic E-state index is 12.5. The van der Waals surface area contributed by atoms with Crippen LogP contribution in [0.15, 0.2) is 0 Å². The maximum absolute atomic E-state index is 12.5. The second-order valence-electron chi connectivity index (χ2n) is 5.70. The number of hydrogen-bond donors (Lipinski definition) is 2. The molecule has 2 rings (SSSR count). The van der Waals surface area contributed by atoms with E-state index in [1.54, 1.807) is 0 Å². The Morgan fingerprint density at radius 3 is 2.56 bits per heavy atom. The molecule has 1 unspecified atom stereocenters. The highest BCUT2D eigenvalue weighted by molar-refractivity contribution is 5.83. The smallest absolute Gasteiger partial charge is 0.303 e. The number of carbonyl (C=O) groups excluding carboxylic acids is 1. The van der Waals surface area contributed by atoms with E-state index in [0.717, 1.165) is 32.1 Å². The normalized spacial score (nSPS) is 26.5. The van der Waals surface area contributed by atoms with Gasteiger partial charge in [0.05, 0.1) is 5.41 Å². The molecule has 1 atom stereocenters. The van der Waals surface area contributed by atoms with Crippen LogP contribution in [0.5, 0.6) is 0 Å². The number of rotatable bonds is 4. The predicted octanol–water partition coefficient (Wildman–Crippen LogP) is 0.829. The van der Waals surface area contributed by atoms with E-state index in [2.05, 4.69) is 0 Å². The van der Waals surface area contributed by atoms with Crippen molar-refractivity contribution in [2.24, 2.45) is 17.1 Å². The van der Waals surface area contributed by atoms with Crippen molar-refractivity contribution in [3.05, 3.63) is 0 Å². The van der Waals surface area contributed by atoms with E-state index in [4.69, 9.17) is 10.8 Å². The van der Waals surface area contributed by atoms with Crippen molar-refractivity contribution in [3.8, 4) is 0 Å². The summed E-state index contributed by atoms with van der Waals surface area (Å²) in [6.07, 6.45) is 4.91. The fourth-order valence-electron chi connectivity index (χ4n) is 3.32. The molecule has 1 aliphatic heterocycles. The summed E-state index contributed by atoms with van der Waals surface area (Å²) in [5, 5.41) is 8.78. The largest absolute Gasteiger partial charge is 0.481 e. The third-order valence-electron chi connectivity index (χ3n) is 4.44. The molecule has 2 aliphatic rings. The number of nitrogens with zero attached hydrogens (tertiary/aromatic N) is 1. The maximum Gasteiger partial charge on any atom is 0.303 e. The Kier molecular flexibility index (Phi) is 3.90. The highest BCUT2D eigenvalue weighted by atomic mass is 16.4. The monoisotopic (exact) mass is 254 g/mol. The van der Waals surface area contributed by atoms with Crippen molar-refractivity contribution in [2.45, 2.75) is 38.5 Å². The van der Waals surface area contributed by atoms with Crippen LogP contribution in [0.1, 0.15) is 38.5 Å². The molecule has 0 radical (unpaired) electrons. The zero-order chi connectivity index (χ0) is 13.2. The summed E-state index contributed by atoms with van der Waals surface area (Å²) in [4.78, 5) is 25.1. The first-order valence-corrected chi connectivity index (χ1v) is 6.79. The molecule has 0 aromatic rings. The molecule has 1 saturated heterocycles. The van der Waals surface area contributed by atoms with Gasteiger partial charge in [-0.2, -0.15) is 0 Å². The summed E-state index contributed by atoms with van der Waals surface area (Å²) < 4.78 is 0. The van der Waals surface area contributed by atoms with Gasteiger partial charge in [0.15, 0.2) is 0 Å². The van der Waals surface area contributed by atoms with E-state index in [-0.39, 0.29) is 23.7 Å². The number of hydrogen-bond acceptors (Lipinski definition) is 3. The lowest BCUT2D eigenvalue weighted by Crippen LogP contribution is -2.45. The molecule has 5 nitrogen and oxygen atoms in total. The van der Waals surface area contributed by atoms with Gasteiger partial charge in [0.25, 0.3) is 0 Å². The molecule has 0 aromatic carbocycles. The second kappa shape index (κ2) is 5.26. The van der Waals surface area contributed by atoms with Gasteiger partial charge in [0.1, 0.15) is 0 Å². The molecule has 1 aliphatic carbocycles. The highest BCUT2D eigenvalue weighted by Gasteiger charge is 2.43. The summed E-state index contributed by atoms with van der Waals surface area (Å²) in [5.41, 5.74) is 5.46. The van der Waals surface area contributed by atoms with E-state index >= 15 is 0 Å². The number of aliphatic carboxylic acids is 1. The van der Waals surface area contributed by atoms with Crippen molar-refractivity contribution >= 4 is 11.9 Å². The average molecular weight is 254 g/mol. The highest BCUT2D eigenvalue weighted by Crippen LogP contribution is 2.40. The van der Waals surface area contributed by atoms with Gasteiger partial charge in [-0.3, -0.25) is 9.59 Å². The minimum atomic E-state index is -0.774. The Hall–Kier alpha value is -1.10. The molecule has 2 fully saturated rings. The third-order valence-corrected chi connectivity index (χ3v) is 4.44. The van der Waals surface area contributed by atoms with Gasteiger partial charge in [-0.05, 0) is 25.2 Å². The summed E-state index contributed by atoms with van der Waals surface area (Å²) >= 11 is 0. The van der Waals surface area contributed by atoms with Crippen LogP contribution in [0.3, 0.4) is 0 Å². The van der Waals surface area contributed by atoms with Crippen molar-refractivity contribution in [3.63, 3.8) is 0 Å². The molecular formula is C13H22N2O3. The lowest BCUT2D eigenvalue weighted by atomic mass is 9.84. The van der Waals surface area contributed by atoms with Crippen LogP contribution < -0.4 is 5.73 Å². The molecule has 18 heavy (non-hydrogen) atoms. The van der Waals surface area contributed by atoms with Gasteiger partial charge in [-0.25, -0.2) is 0 Å². The van der Waals surface area contributed by atoms with E-state index in [9.17, 15) is 9.59 Å². The molecule has 5 heteroatoms. The molecule has 3 N–H and O–H groups in total. The second-order valence-corrected chi connectivity index (χ2v) is 5.70. The van der Waals surface area contributed by atoms with Crippen molar-refractivity contribution < 1.29 is 14.7 Å². The number of likely N-dealkylation sites (tertiary alicyclic amines) is 1. The van der Waals surface area contributed by atoms with Crippen molar-refractivity contribution in [2.75, 3.05) is 19.6 Å². The van der Waals surface area contributed by atoms with Crippen LogP contribution in [0, 0.1) is 11.3 Å². The van der Waals surface area contributed by atoms with Gasteiger partial charge < -0.3 is 15.7 Å². The molecule has 102 valence electrons. The molecule has 0 aromatic heterocycles. The third kappa shape index (κ3) is 2.51. The minimum absolute atomic E-state index is 0.114. The summed E-state index contributed by atoms with van der Waals surface area (Å²) in [6.45, 7) is 1.71. The lowest BCUT2D eigenvalue weighted by Gasteiger charge is -2.31. The number of amides is 1. The molecule has 1 amide bonds. The predicted molar refractivity (Wildman–Crippen MR) is 66.9 cm³/mol. The van der Waals surface area contributed by atoms with Gasteiger partial charge in [-0.1, -0.05) is 12.8 Å². The summed E-state index contributed by atoms with van der Waals surface area (Å²) in [7, 11) is 0. The molecule has 1 heterocycles. The van der Waals surface area contributed by atoms with Gasteiger partial charge in [0, 0.05) is 26.1 Å². The van der Waals surface area contributed by atoms with Crippen LogP contribution >= 0.6 is 0 Å². The van der Waals surface area contributed by atoms with Crippen LogP contribution in [0.2, 0.25) is 0 Å². The Morgan fingerprint density at radius 2 is 2.00 bits per heavy atom. The quantitative estimate of drug-likeness (QED) is 0.778. The van der Waals surface area contributed by atoms with Gasteiger partial charge in [-0.15, -0.1) is 0 Å². The Bertz CT molecular complexity index is 337. The van der Waals surface area contributed by atoms with E-state index in [0.29, 0.717) is 19.6 Å². The van der Waals surface area contributed by atoms with E-state index in [1.165, 1.54) is 0 Å². The average Bonchev–Trinajstić information content (AvgIpc) is 2.96. The first-order valence-electron chi connectivity index (χ1n) is 6.79. The SMILES string of the molecule is NCC1(C(=O)N2CCC(CC(=O)O)C2)CCCC1. The fraction of sp³-hybridized carbons (Fsp3) is 0.846. The van der Waals surface area contributed by atoms with Crippen LogP contribution in [-0.4, -0.2) is 41.5 Å². The Labute approximate surface area is 107 Å². The molecule has 1 saturated carbocycles. The van der Waals surface area contributed by atoms with Gasteiger partial charge >= 0.3 is 5.97 Å². The van der Waals surface area contributed by atoms with Gasteiger partial charge in [0.2, 0.25) is 5.91 Å². The topological polar surface area (TPSA) is 83.6 Å². The Balaban J connectivity index is 1.96. The summed E-state index contributed by atoms with van der Waals surface area (Å²) in [6, 6.07) is 0. The standard InChI is InChI=1S/C13H22N2O3/c14-9-13(4-1-2-5-13)12(18)15-6-3-10(8-15)7-11(16)17/h10H,1-9,14H2,(H,16,17). The first kappa shape index (κ1) is 13.3. The van der Waals surface area contributed by atoms with Crippen LogP contribution in [-0.2, 0) is 9.59 Å². The number of carboxylic acid groups (broad SMARTS) is 1. The van der Waals surface area contributed by atoms with Crippen molar-refractivity contribution in [1.82, 2.24) is 4.90 Å². The molecular weight excluding hydrogens is 232 g/mol. The van der Waals surface area contributed by atoms with E-state index < -0.39 is 5.97 Å². The molecule has 0 bridgehead atoms. The minimum Gasteiger partial charge on any atom is -0.481 e. The lowest BCUT2D eigenvalue weighted by molar-refractivity contribution is -0.141. The summed E-state index contributed by atoms with van der Waals surface area (Å²) in [5.74, 6) is -0.498. The zero-order valence-electron chi connectivity index (χ0n) is 10.7. The Morgan fingerprint density at radius 1 is 1.33 bits per heavy atom. The molecule has 0 spiro atoms. The van der Waals surface area contributed by atoms with E-state index in [1.807, 2.05) is 4.90 Å². The fourth-order valence-corrected chi connectivity index (χ4v) is 3.32. The first-order chi connectivity index (χ1) is 8.57. The van der Waals surface area contributed by atoms with Crippen LogP contribution in [0.25, 0.3) is 0 Å². The number of nitrogens with two attached hydrogens (primary N) is 1. The zero-order valence-corrected chi connectivity index (χ0v) is 10.7. The number of carboxylic acids is 1.